The number of nitrogens with two attached hydrogens (primary N) is 2. The molecule has 4 atom stereocenters. The number of hydrogen-bond donors (Lipinski definition) is 6. The molecule has 232 valence electrons. The number of primary amides is 1. The summed E-state index contributed by atoms with van der Waals surface area (Å²) < 4.78 is 9.48. The molecule has 0 unspecified atom stereocenters. The molecule has 1 rings (SSSR count). The van der Waals surface area contributed by atoms with Crippen LogP contribution in [0.25, 0.3) is 0 Å². The van der Waals surface area contributed by atoms with Crippen molar-refractivity contribution in [2.24, 2.45) is 17.4 Å². The molecule has 0 radical (unpaired) electrons. The zero-order valence-electron chi connectivity index (χ0n) is 24.1. The Bertz CT molecular complexity index is 1000. The van der Waals surface area contributed by atoms with Crippen LogP contribution in [0.3, 0.4) is 0 Å². The maximum atomic E-state index is 13.3. The van der Waals surface area contributed by atoms with Crippen molar-refractivity contribution >= 4 is 54.3 Å². The van der Waals surface area contributed by atoms with Gasteiger partial charge in [-0.25, -0.2) is 9.59 Å². The summed E-state index contributed by atoms with van der Waals surface area (Å²) in [6, 6.07) is -4.76. The second kappa shape index (κ2) is 16.1. The number of carbonyl (C=O) groups excluding carboxylic acids is 7. The summed E-state index contributed by atoms with van der Waals surface area (Å²) in [6.07, 6.45) is -0.883. The van der Waals surface area contributed by atoms with Gasteiger partial charge in [-0.3, -0.25) is 24.0 Å². The third-order valence-corrected chi connectivity index (χ3v) is 6.12. The van der Waals surface area contributed by atoms with Gasteiger partial charge in [-0.1, -0.05) is 13.8 Å². The topological polar surface area (TPSA) is 229 Å². The van der Waals surface area contributed by atoms with Crippen LogP contribution in [-0.2, 0) is 38.2 Å². The Kier molecular flexibility index (Phi) is 14.0. The highest BCUT2D eigenvalue weighted by molar-refractivity contribution is 7.80. The van der Waals surface area contributed by atoms with E-state index in [0.29, 0.717) is 19.3 Å². The van der Waals surface area contributed by atoms with E-state index < -0.39 is 77.8 Å². The van der Waals surface area contributed by atoms with E-state index in [1.165, 1.54) is 4.90 Å². The van der Waals surface area contributed by atoms with Crippen LogP contribution in [0.1, 0.15) is 60.3 Å². The van der Waals surface area contributed by atoms with Gasteiger partial charge in [0.15, 0.2) is 0 Å². The van der Waals surface area contributed by atoms with Gasteiger partial charge in [0.05, 0.1) is 13.0 Å². The average Bonchev–Trinajstić information content (AvgIpc) is 3.34. The predicted octanol–water partition coefficient (Wildman–Crippen LogP) is -1.28. The number of likely N-dealkylation sites (tertiary alicyclic amines) is 1. The summed E-state index contributed by atoms with van der Waals surface area (Å²) in [5, 5.41) is 7.35. The first-order chi connectivity index (χ1) is 19.0. The Labute approximate surface area is 244 Å². The highest BCUT2D eigenvalue weighted by Gasteiger charge is 2.39. The standard InChI is InChI=1S/C25H42N6O9S/c1-13(2)9-14(28-19(33)11-26)22(36)31-8-6-7-17(31)21(35)30-16(12-41)20(34)29-15(10-18(27)32)23(37)39-24(38)40-25(3,4)5/h13-17,41H,6-12,26H2,1-5H3,(H2,27,32)(H,28,33)(H,29,34)(H,30,35)/t14-,15-,16-,17-/m0/s1. The lowest BCUT2D eigenvalue weighted by atomic mass is 10.0. The van der Waals surface area contributed by atoms with Crippen LogP contribution in [0.5, 0.6) is 0 Å². The summed E-state index contributed by atoms with van der Waals surface area (Å²) in [5.41, 5.74) is 9.59. The van der Waals surface area contributed by atoms with Gasteiger partial charge in [0.25, 0.3) is 0 Å². The Hall–Kier alpha value is -3.40. The lowest BCUT2D eigenvalue weighted by molar-refractivity contribution is -0.147. The van der Waals surface area contributed by atoms with Crippen molar-refractivity contribution in [3.05, 3.63) is 0 Å². The number of thiol groups is 1. The molecule has 1 saturated heterocycles. The molecular weight excluding hydrogens is 560 g/mol. The quantitative estimate of drug-likeness (QED) is 0.0831. The van der Waals surface area contributed by atoms with Gasteiger partial charge in [-0.15, -0.1) is 0 Å². The van der Waals surface area contributed by atoms with Crippen molar-refractivity contribution < 1.29 is 43.0 Å². The van der Waals surface area contributed by atoms with Crippen molar-refractivity contribution in [3.8, 4) is 0 Å². The van der Waals surface area contributed by atoms with E-state index in [4.69, 9.17) is 16.2 Å². The largest absolute Gasteiger partial charge is 0.516 e. The molecule has 1 aliphatic heterocycles. The minimum absolute atomic E-state index is 0.0597. The normalized spacial score (nSPS) is 17.2. The summed E-state index contributed by atoms with van der Waals surface area (Å²) in [5.74, 6) is -4.94. The summed E-state index contributed by atoms with van der Waals surface area (Å²) in [7, 11) is 0. The van der Waals surface area contributed by atoms with Crippen LogP contribution < -0.4 is 27.4 Å². The number of amides is 5. The van der Waals surface area contributed by atoms with Crippen molar-refractivity contribution in [1.82, 2.24) is 20.9 Å². The third kappa shape index (κ3) is 12.3. The number of nitrogens with one attached hydrogen (secondary N) is 3. The van der Waals surface area contributed by atoms with Gasteiger partial charge in [0.1, 0.15) is 29.8 Å². The maximum Gasteiger partial charge on any atom is 0.516 e. The van der Waals surface area contributed by atoms with Crippen LogP contribution in [0.4, 0.5) is 4.79 Å². The number of esters is 1. The third-order valence-electron chi connectivity index (χ3n) is 5.76. The van der Waals surface area contributed by atoms with Crippen LogP contribution in [0, 0.1) is 5.92 Å². The molecule has 1 fully saturated rings. The van der Waals surface area contributed by atoms with E-state index in [2.05, 4.69) is 33.3 Å². The van der Waals surface area contributed by atoms with Crippen molar-refractivity contribution in [3.63, 3.8) is 0 Å². The van der Waals surface area contributed by atoms with Crippen LogP contribution >= 0.6 is 12.6 Å². The van der Waals surface area contributed by atoms with Gasteiger partial charge < -0.3 is 41.8 Å². The molecule has 41 heavy (non-hydrogen) atoms. The first kappa shape index (κ1) is 35.6. The van der Waals surface area contributed by atoms with Crippen LogP contribution in [-0.4, -0.2) is 95.2 Å². The van der Waals surface area contributed by atoms with E-state index in [9.17, 15) is 33.6 Å². The highest BCUT2D eigenvalue weighted by Crippen LogP contribution is 2.21. The molecule has 1 aliphatic rings. The molecule has 7 N–H and O–H groups in total. The van der Waals surface area contributed by atoms with Gasteiger partial charge in [0.2, 0.25) is 29.5 Å². The number of ether oxygens (including phenoxy) is 2. The number of rotatable bonds is 13. The first-order valence-electron chi connectivity index (χ1n) is 13.2. The summed E-state index contributed by atoms with van der Waals surface area (Å²) >= 11 is 4.10. The van der Waals surface area contributed by atoms with E-state index in [1.54, 1.807) is 20.8 Å². The molecule has 15 nitrogen and oxygen atoms in total. The SMILES string of the molecule is CC(C)C[C@H](NC(=O)CN)C(=O)N1CCC[C@H]1C(=O)N[C@@H](CS)C(=O)N[C@@H](CC(N)=O)C(=O)OC(=O)OC(C)(C)C. The van der Waals surface area contributed by atoms with Crippen molar-refractivity contribution in [2.45, 2.75) is 90.1 Å². The highest BCUT2D eigenvalue weighted by atomic mass is 32.1. The minimum Gasteiger partial charge on any atom is -0.428 e. The molecule has 0 bridgehead atoms. The first-order valence-corrected chi connectivity index (χ1v) is 13.9. The molecule has 16 heteroatoms. The molecule has 0 aromatic rings. The average molecular weight is 603 g/mol. The molecule has 0 spiro atoms. The maximum absolute atomic E-state index is 13.3. The van der Waals surface area contributed by atoms with E-state index >= 15 is 0 Å². The van der Waals surface area contributed by atoms with Gasteiger partial charge >= 0.3 is 12.1 Å². The molecule has 0 aliphatic carbocycles. The number of hydrogen-bond acceptors (Lipinski definition) is 11. The van der Waals surface area contributed by atoms with E-state index in [0.717, 1.165) is 0 Å². The zero-order valence-corrected chi connectivity index (χ0v) is 25.0. The molecule has 0 aromatic heterocycles. The van der Waals surface area contributed by atoms with Crippen LogP contribution in [0.2, 0.25) is 0 Å². The fraction of sp³-hybridized carbons (Fsp3) is 0.720. The molecule has 0 saturated carbocycles. The summed E-state index contributed by atoms with van der Waals surface area (Å²) in [6.45, 7) is 8.36. The van der Waals surface area contributed by atoms with E-state index in [-0.39, 0.29) is 24.8 Å². The second-order valence-corrected chi connectivity index (χ2v) is 11.4. The van der Waals surface area contributed by atoms with Gasteiger partial charge in [0, 0.05) is 12.3 Å². The monoisotopic (exact) mass is 602 g/mol. The lowest BCUT2D eigenvalue weighted by Gasteiger charge is -2.30. The number of nitrogens with zero attached hydrogens (tertiary/aromatic N) is 1. The number of carbonyl (C=O) groups is 7. The van der Waals surface area contributed by atoms with Crippen LogP contribution in [0.15, 0.2) is 0 Å². The fourth-order valence-electron chi connectivity index (χ4n) is 4.00. The zero-order chi connectivity index (χ0) is 31.5. The second-order valence-electron chi connectivity index (χ2n) is 11.0. The Balaban J connectivity index is 2.97. The minimum atomic E-state index is -1.65. The molecule has 0 aromatic carbocycles. The van der Waals surface area contributed by atoms with Gasteiger partial charge in [-0.2, -0.15) is 12.6 Å². The molecular formula is C25H42N6O9S. The summed E-state index contributed by atoms with van der Waals surface area (Å²) in [4.78, 5) is 88.5. The fourth-order valence-corrected chi connectivity index (χ4v) is 4.26. The Morgan fingerprint density at radius 3 is 2.15 bits per heavy atom. The Morgan fingerprint density at radius 2 is 1.63 bits per heavy atom. The van der Waals surface area contributed by atoms with Gasteiger partial charge in [-0.05, 0) is 46.0 Å². The molecule has 1 heterocycles. The van der Waals surface area contributed by atoms with Crippen molar-refractivity contribution in [2.75, 3.05) is 18.8 Å². The smallest absolute Gasteiger partial charge is 0.428 e. The van der Waals surface area contributed by atoms with Crippen molar-refractivity contribution in [1.29, 1.82) is 0 Å². The lowest BCUT2D eigenvalue weighted by Crippen LogP contribution is -2.58. The molecule has 5 amide bonds. The predicted molar refractivity (Wildman–Crippen MR) is 149 cm³/mol. The van der Waals surface area contributed by atoms with E-state index in [1.807, 2.05) is 13.8 Å². The Morgan fingerprint density at radius 1 is 1.00 bits per heavy atom.